The predicted octanol–water partition coefficient (Wildman–Crippen LogP) is 3.10. The monoisotopic (exact) mass is 350 g/mol. The Morgan fingerprint density at radius 1 is 0.885 bits per heavy atom. The maximum Gasteiger partial charge on any atom is 0.251 e. The van der Waals surface area contributed by atoms with Gasteiger partial charge in [-0.1, -0.05) is 60.7 Å². The molecular formula is C22H26N2O2. The van der Waals surface area contributed by atoms with Crippen LogP contribution in [-0.4, -0.2) is 54.6 Å². The van der Waals surface area contributed by atoms with E-state index in [1.807, 2.05) is 4.90 Å². The van der Waals surface area contributed by atoms with Crippen LogP contribution >= 0.6 is 0 Å². The van der Waals surface area contributed by atoms with Gasteiger partial charge in [-0.2, -0.15) is 0 Å². The van der Waals surface area contributed by atoms with Gasteiger partial charge in [0.25, 0.3) is 5.91 Å². The lowest BCUT2D eigenvalue weighted by atomic mass is 9.96. The summed E-state index contributed by atoms with van der Waals surface area (Å²) in [6, 6.07) is 21.5. The maximum atomic E-state index is 12.6. The van der Waals surface area contributed by atoms with E-state index in [2.05, 4.69) is 65.6 Å². The second-order valence-electron chi connectivity index (χ2n) is 7.09. The molecule has 4 heteroatoms. The molecule has 1 amide bonds. The standard InChI is InChI=1S/C22H26N2O2/c25-22(20-12-7-17-26-20)24-15-13-23(14-16-24)21(18-8-3-1-4-9-18)19-10-5-2-6-11-19/h1-6,8-11,20-21H,7,12-17H2/t20-/m0/s1. The van der Waals surface area contributed by atoms with Gasteiger partial charge in [-0.3, -0.25) is 9.69 Å². The van der Waals surface area contributed by atoms with Gasteiger partial charge in [0, 0.05) is 32.8 Å². The SMILES string of the molecule is O=C([C@@H]1CCCO1)N1CCN(C(c2ccccc2)c2ccccc2)CC1. The van der Waals surface area contributed by atoms with E-state index in [1.165, 1.54) is 11.1 Å². The van der Waals surface area contributed by atoms with E-state index in [0.29, 0.717) is 0 Å². The van der Waals surface area contributed by atoms with Crippen LogP contribution in [0.3, 0.4) is 0 Å². The van der Waals surface area contributed by atoms with Gasteiger partial charge < -0.3 is 9.64 Å². The smallest absolute Gasteiger partial charge is 0.251 e. The Labute approximate surface area is 155 Å². The first kappa shape index (κ1) is 17.3. The van der Waals surface area contributed by atoms with Gasteiger partial charge in [0.05, 0.1) is 6.04 Å². The Balaban J connectivity index is 1.49. The highest BCUT2D eigenvalue weighted by molar-refractivity contribution is 5.81. The molecule has 2 fully saturated rings. The molecule has 0 aliphatic carbocycles. The molecule has 0 radical (unpaired) electrons. The minimum Gasteiger partial charge on any atom is -0.368 e. The van der Waals surface area contributed by atoms with E-state index >= 15 is 0 Å². The normalized spacial score (nSPS) is 21.3. The number of hydrogen-bond donors (Lipinski definition) is 0. The Hall–Kier alpha value is -2.17. The van der Waals surface area contributed by atoms with Crippen LogP contribution < -0.4 is 0 Å². The van der Waals surface area contributed by atoms with Crippen molar-refractivity contribution in [3.8, 4) is 0 Å². The van der Waals surface area contributed by atoms with Crippen molar-refractivity contribution in [3.05, 3.63) is 71.8 Å². The molecule has 1 atom stereocenters. The summed E-state index contributed by atoms with van der Waals surface area (Å²) in [4.78, 5) is 17.1. The molecule has 0 bridgehead atoms. The molecule has 26 heavy (non-hydrogen) atoms. The van der Waals surface area contributed by atoms with Crippen molar-refractivity contribution in [2.24, 2.45) is 0 Å². The highest BCUT2D eigenvalue weighted by atomic mass is 16.5. The molecule has 0 aromatic heterocycles. The number of amides is 1. The second kappa shape index (κ2) is 8.02. The van der Waals surface area contributed by atoms with Crippen LogP contribution in [0.5, 0.6) is 0 Å². The van der Waals surface area contributed by atoms with Crippen molar-refractivity contribution in [3.63, 3.8) is 0 Å². The molecule has 2 aromatic rings. The molecule has 0 spiro atoms. The fourth-order valence-electron chi connectivity index (χ4n) is 4.06. The second-order valence-corrected chi connectivity index (χ2v) is 7.09. The van der Waals surface area contributed by atoms with E-state index in [1.54, 1.807) is 0 Å². The molecule has 2 saturated heterocycles. The molecule has 2 heterocycles. The summed E-state index contributed by atoms with van der Waals surface area (Å²) in [5.74, 6) is 0.179. The fourth-order valence-corrected chi connectivity index (χ4v) is 4.06. The number of rotatable bonds is 4. The highest BCUT2D eigenvalue weighted by Gasteiger charge is 2.32. The van der Waals surface area contributed by atoms with E-state index < -0.39 is 0 Å². The van der Waals surface area contributed by atoms with E-state index in [0.717, 1.165) is 45.6 Å². The first-order valence-corrected chi connectivity index (χ1v) is 9.57. The van der Waals surface area contributed by atoms with Crippen molar-refractivity contribution in [2.45, 2.75) is 25.0 Å². The lowest BCUT2D eigenvalue weighted by Gasteiger charge is -2.40. The number of hydrogen-bond acceptors (Lipinski definition) is 3. The number of piperazine rings is 1. The van der Waals surface area contributed by atoms with Crippen LogP contribution in [0, 0.1) is 0 Å². The van der Waals surface area contributed by atoms with Crippen molar-refractivity contribution in [1.29, 1.82) is 0 Å². The summed E-state index contributed by atoms with van der Waals surface area (Å²) in [5, 5.41) is 0. The Morgan fingerprint density at radius 3 is 1.96 bits per heavy atom. The average molecular weight is 350 g/mol. The zero-order chi connectivity index (χ0) is 17.8. The molecule has 136 valence electrons. The molecule has 2 aliphatic heterocycles. The van der Waals surface area contributed by atoms with Gasteiger partial charge in [-0.15, -0.1) is 0 Å². The zero-order valence-electron chi connectivity index (χ0n) is 15.1. The predicted molar refractivity (Wildman–Crippen MR) is 102 cm³/mol. The first-order valence-electron chi connectivity index (χ1n) is 9.57. The van der Waals surface area contributed by atoms with E-state index in [9.17, 15) is 4.79 Å². The molecule has 0 saturated carbocycles. The summed E-state index contributed by atoms with van der Waals surface area (Å²) in [6.07, 6.45) is 1.66. The van der Waals surface area contributed by atoms with Gasteiger partial charge in [0.1, 0.15) is 6.10 Å². The topological polar surface area (TPSA) is 32.8 Å². The third-order valence-electron chi connectivity index (χ3n) is 5.43. The van der Waals surface area contributed by atoms with E-state index in [4.69, 9.17) is 4.74 Å². The van der Waals surface area contributed by atoms with Crippen LogP contribution in [0.25, 0.3) is 0 Å². The summed E-state index contributed by atoms with van der Waals surface area (Å²) in [6.45, 7) is 4.03. The van der Waals surface area contributed by atoms with Crippen molar-refractivity contribution >= 4 is 5.91 Å². The lowest BCUT2D eigenvalue weighted by molar-refractivity contribution is -0.142. The summed E-state index contributed by atoms with van der Waals surface area (Å²) in [5.41, 5.74) is 2.61. The summed E-state index contributed by atoms with van der Waals surface area (Å²) in [7, 11) is 0. The number of ether oxygens (including phenoxy) is 1. The lowest BCUT2D eigenvalue weighted by Crippen LogP contribution is -2.52. The minimum atomic E-state index is -0.208. The number of carbonyl (C=O) groups is 1. The molecular weight excluding hydrogens is 324 g/mol. The fraction of sp³-hybridized carbons (Fsp3) is 0.409. The molecule has 0 N–H and O–H groups in total. The van der Waals surface area contributed by atoms with Gasteiger partial charge in [0.2, 0.25) is 0 Å². The molecule has 2 aliphatic rings. The van der Waals surface area contributed by atoms with Gasteiger partial charge in [0.15, 0.2) is 0 Å². The average Bonchev–Trinajstić information content (AvgIpc) is 3.25. The molecule has 4 nitrogen and oxygen atoms in total. The molecule has 4 rings (SSSR count). The third kappa shape index (κ3) is 3.67. The Kier molecular flexibility index (Phi) is 5.32. The van der Waals surface area contributed by atoms with Crippen LogP contribution in [0.4, 0.5) is 0 Å². The number of benzene rings is 2. The minimum absolute atomic E-state index is 0.179. The van der Waals surface area contributed by atoms with Crippen LogP contribution in [-0.2, 0) is 9.53 Å². The highest BCUT2D eigenvalue weighted by Crippen LogP contribution is 2.29. The Bertz CT molecular complexity index is 666. The molecule has 0 unspecified atom stereocenters. The molecule has 2 aromatic carbocycles. The Morgan fingerprint density at radius 2 is 1.46 bits per heavy atom. The van der Waals surface area contributed by atoms with E-state index in [-0.39, 0.29) is 18.1 Å². The first-order chi connectivity index (χ1) is 12.8. The van der Waals surface area contributed by atoms with Crippen molar-refractivity contribution in [1.82, 2.24) is 9.80 Å². The van der Waals surface area contributed by atoms with Crippen LogP contribution in [0.15, 0.2) is 60.7 Å². The van der Waals surface area contributed by atoms with Crippen LogP contribution in [0.2, 0.25) is 0 Å². The van der Waals surface area contributed by atoms with Gasteiger partial charge >= 0.3 is 0 Å². The largest absolute Gasteiger partial charge is 0.368 e. The van der Waals surface area contributed by atoms with Crippen molar-refractivity contribution in [2.75, 3.05) is 32.8 Å². The number of nitrogens with zero attached hydrogens (tertiary/aromatic N) is 2. The van der Waals surface area contributed by atoms with Gasteiger partial charge in [-0.25, -0.2) is 0 Å². The van der Waals surface area contributed by atoms with Crippen LogP contribution in [0.1, 0.15) is 30.0 Å². The van der Waals surface area contributed by atoms with Crippen molar-refractivity contribution < 1.29 is 9.53 Å². The zero-order valence-corrected chi connectivity index (χ0v) is 15.1. The third-order valence-corrected chi connectivity index (χ3v) is 5.43. The summed E-state index contributed by atoms with van der Waals surface area (Å²) < 4.78 is 5.58. The summed E-state index contributed by atoms with van der Waals surface area (Å²) >= 11 is 0. The van der Waals surface area contributed by atoms with Gasteiger partial charge in [-0.05, 0) is 24.0 Å². The maximum absolute atomic E-state index is 12.6. The quantitative estimate of drug-likeness (QED) is 0.849. The number of carbonyl (C=O) groups excluding carboxylic acids is 1.